The average Bonchev–Trinajstić information content (AvgIpc) is 3.55. The van der Waals surface area contributed by atoms with Crippen LogP contribution in [0.3, 0.4) is 0 Å². The van der Waals surface area contributed by atoms with E-state index in [1.807, 2.05) is 23.2 Å². The lowest BCUT2D eigenvalue weighted by atomic mass is 9.85. The third-order valence-corrected chi connectivity index (χ3v) is 5.99. The van der Waals surface area contributed by atoms with Crippen molar-refractivity contribution < 1.29 is 32.3 Å². The zero-order valence-electron chi connectivity index (χ0n) is 18.0. The molecule has 2 aromatic heterocycles. The number of halogens is 3. The minimum atomic E-state index is -5.08. The molecule has 5 rings (SSSR count). The number of rotatable bonds is 3. The first-order valence-corrected chi connectivity index (χ1v) is 10.6. The minimum Gasteiger partial charge on any atom is -0.475 e. The lowest BCUT2D eigenvalue weighted by molar-refractivity contribution is -0.192. The van der Waals surface area contributed by atoms with Gasteiger partial charge in [0.25, 0.3) is 5.91 Å². The molecule has 0 bridgehead atoms. The second kappa shape index (κ2) is 9.20. The Balaban J connectivity index is 0.000000344. The first-order valence-electron chi connectivity index (χ1n) is 10.6. The van der Waals surface area contributed by atoms with E-state index in [4.69, 9.17) is 19.3 Å². The van der Waals surface area contributed by atoms with Crippen LogP contribution in [0.1, 0.15) is 28.0 Å². The maximum Gasteiger partial charge on any atom is 0.490 e. The Hall–Kier alpha value is -3.82. The largest absolute Gasteiger partial charge is 0.490 e. The van der Waals surface area contributed by atoms with Crippen molar-refractivity contribution in [1.29, 1.82) is 0 Å². The number of carbonyl (C=O) groups excluding carboxylic acids is 1. The number of carboxylic acids is 1. The van der Waals surface area contributed by atoms with E-state index >= 15 is 0 Å². The second-order valence-corrected chi connectivity index (χ2v) is 8.28. The summed E-state index contributed by atoms with van der Waals surface area (Å²) in [4.78, 5) is 30.8. The number of aliphatic carboxylic acids is 1. The predicted octanol–water partition coefficient (Wildman–Crippen LogP) is 4.11. The smallest absolute Gasteiger partial charge is 0.475 e. The van der Waals surface area contributed by atoms with Gasteiger partial charge in [0, 0.05) is 32.4 Å². The molecule has 1 fully saturated rings. The van der Waals surface area contributed by atoms with Crippen molar-refractivity contribution in [3.8, 4) is 0 Å². The SMILES string of the molecule is O=C(O)C(F)(F)F.O=C(c1ccoc1)N1CCC2(C1)CN(Cc1ccccc1)c1cccnc12. The number of fused-ring (bicyclic) bond motifs is 2. The standard InChI is InChI=1S/C22H21N3O2.C2HF3O2/c26-21(18-8-12-27-14-18)24-11-9-22(15-24)16-25(13-17-5-2-1-3-6-17)19-7-4-10-23-20(19)22;3-2(4,5)1(6)7/h1-8,10,12,14H,9,11,13,15-16H2;(H,6,7). The summed E-state index contributed by atoms with van der Waals surface area (Å²) in [7, 11) is 0. The van der Waals surface area contributed by atoms with Crippen LogP contribution in [0.2, 0.25) is 0 Å². The molecule has 2 aliphatic rings. The molecule has 0 radical (unpaired) electrons. The molecule has 0 aliphatic carbocycles. The van der Waals surface area contributed by atoms with Crippen LogP contribution in [0.5, 0.6) is 0 Å². The van der Waals surface area contributed by atoms with Crippen molar-refractivity contribution in [2.75, 3.05) is 24.5 Å². The third kappa shape index (κ3) is 4.75. The molecule has 10 heteroatoms. The monoisotopic (exact) mass is 473 g/mol. The molecule has 1 atom stereocenters. The van der Waals surface area contributed by atoms with Gasteiger partial charge in [-0.3, -0.25) is 9.78 Å². The molecular weight excluding hydrogens is 451 g/mol. The Morgan fingerprint density at radius 1 is 1.09 bits per heavy atom. The van der Waals surface area contributed by atoms with Crippen molar-refractivity contribution in [1.82, 2.24) is 9.88 Å². The molecule has 34 heavy (non-hydrogen) atoms. The van der Waals surface area contributed by atoms with Crippen molar-refractivity contribution in [2.45, 2.75) is 24.6 Å². The number of carboxylic acid groups (broad SMARTS) is 1. The van der Waals surface area contributed by atoms with E-state index in [2.05, 4.69) is 35.2 Å². The summed E-state index contributed by atoms with van der Waals surface area (Å²) in [5, 5.41) is 7.12. The van der Waals surface area contributed by atoms with Crippen molar-refractivity contribution in [3.05, 3.63) is 84.1 Å². The predicted molar refractivity (Wildman–Crippen MR) is 116 cm³/mol. The van der Waals surface area contributed by atoms with Gasteiger partial charge in [-0.2, -0.15) is 13.2 Å². The van der Waals surface area contributed by atoms with E-state index in [0.29, 0.717) is 12.1 Å². The number of anilines is 1. The molecule has 4 heterocycles. The molecular formula is C24H22F3N3O4. The molecule has 178 valence electrons. The van der Waals surface area contributed by atoms with Gasteiger partial charge in [0.1, 0.15) is 6.26 Å². The van der Waals surface area contributed by atoms with Crippen LogP contribution in [0.4, 0.5) is 18.9 Å². The lowest BCUT2D eigenvalue weighted by Crippen LogP contribution is -2.38. The zero-order chi connectivity index (χ0) is 24.3. The Bertz CT molecular complexity index is 1150. The number of nitrogens with zero attached hydrogens (tertiary/aromatic N) is 3. The fraction of sp³-hybridized carbons (Fsp3) is 0.292. The van der Waals surface area contributed by atoms with E-state index in [9.17, 15) is 18.0 Å². The Labute approximate surface area is 193 Å². The highest BCUT2D eigenvalue weighted by Gasteiger charge is 2.49. The summed E-state index contributed by atoms with van der Waals surface area (Å²) < 4.78 is 36.8. The lowest BCUT2D eigenvalue weighted by Gasteiger charge is -2.25. The van der Waals surface area contributed by atoms with Gasteiger partial charge >= 0.3 is 12.1 Å². The summed E-state index contributed by atoms with van der Waals surface area (Å²) in [6, 6.07) is 16.4. The number of amides is 1. The molecule has 0 saturated carbocycles. The zero-order valence-corrected chi connectivity index (χ0v) is 18.0. The summed E-state index contributed by atoms with van der Waals surface area (Å²) in [5.41, 5.74) is 4.13. The molecule has 3 aromatic rings. The number of pyridine rings is 1. The molecule has 2 aliphatic heterocycles. The van der Waals surface area contributed by atoms with E-state index < -0.39 is 12.1 Å². The number of aromatic nitrogens is 1. The summed E-state index contributed by atoms with van der Waals surface area (Å²) in [6.07, 6.45) is 0.794. The molecule has 1 unspecified atom stereocenters. The van der Waals surface area contributed by atoms with Gasteiger partial charge in [0.2, 0.25) is 0 Å². The molecule has 1 aromatic carbocycles. The van der Waals surface area contributed by atoms with Crippen molar-refractivity contribution >= 4 is 17.6 Å². The maximum atomic E-state index is 12.8. The maximum absolute atomic E-state index is 12.8. The van der Waals surface area contributed by atoms with Gasteiger partial charge in [-0.15, -0.1) is 0 Å². The number of furan rings is 1. The van der Waals surface area contributed by atoms with Gasteiger partial charge < -0.3 is 19.3 Å². The van der Waals surface area contributed by atoms with E-state index in [1.54, 1.807) is 12.3 Å². The fourth-order valence-electron chi connectivity index (χ4n) is 4.47. The van der Waals surface area contributed by atoms with Gasteiger partial charge in [-0.25, -0.2) is 4.79 Å². The molecule has 1 N–H and O–H groups in total. The summed E-state index contributed by atoms with van der Waals surface area (Å²) in [5.74, 6) is -2.72. The highest BCUT2D eigenvalue weighted by Crippen LogP contribution is 2.45. The van der Waals surface area contributed by atoms with Gasteiger partial charge in [-0.1, -0.05) is 30.3 Å². The Morgan fingerprint density at radius 2 is 1.82 bits per heavy atom. The van der Waals surface area contributed by atoms with Gasteiger partial charge in [-0.05, 0) is 30.2 Å². The number of hydrogen-bond acceptors (Lipinski definition) is 5. The third-order valence-electron chi connectivity index (χ3n) is 5.99. The second-order valence-electron chi connectivity index (χ2n) is 8.28. The highest BCUT2D eigenvalue weighted by atomic mass is 19.4. The number of likely N-dealkylation sites (tertiary alicyclic amines) is 1. The molecule has 1 spiro atoms. The Kier molecular flexibility index (Phi) is 6.32. The molecule has 1 saturated heterocycles. The Morgan fingerprint density at radius 3 is 2.47 bits per heavy atom. The number of carbonyl (C=O) groups is 2. The highest BCUT2D eigenvalue weighted by molar-refractivity contribution is 5.94. The van der Waals surface area contributed by atoms with Crippen LogP contribution in [0.25, 0.3) is 0 Å². The van der Waals surface area contributed by atoms with Crippen molar-refractivity contribution in [2.24, 2.45) is 0 Å². The summed E-state index contributed by atoms with van der Waals surface area (Å²) in [6.45, 7) is 3.20. The number of benzene rings is 1. The van der Waals surface area contributed by atoms with E-state index in [1.165, 1.54) is 17.5 Å². The minimum absolute atomic E-state index is 0.0413. The normalized spacial score (nSPS) is 19.0. The fourth-order valence-corrected chi connectivity index (χ4v) is 4.47. The van der Waals surface area contributed by atoms with Crippen LogP contribution in [0, 0.1) is 0 Å². The average molecular weight is 473 g/mol. The van der Waals surface area contributed by atoms with Crippen LogP contribution >= 0.6 is 0 Å². The van der Waals surface area contributed by atoms with Gasteiger partial charge in [0.15, 0.2) is 0 Å². The number of alkyl halides is 3. The first-order chi connectivity index (χ1) is 16.2. The van der Waals surface area contributed by atoms with Crippen molar-refractivity contribution in [3.63, 3.8) is 0 Å². The molecule has 7 nitrogen and oxygen atoms in total. The van der Waals surface area contributed by atoms with Crippen LogP contribution < -0.4 is 4.90 Å². The van der Waals surface area contributed by atoms with Gasteiger partial charge in [0.05, 0.1) is 28.6 Å². The quantitative estimate of drug-likeness (QED) is 0.616. The number of hydrogen-bond donors (Lipinski definition) is 1. The van der Waals surface area contributed by atoms with Crippen LogP contribution in [0.15, 0.2) is 71.7 Å². The van der Waals surface area contributed by atoms with Crippen LogP contribution in [-0.4, -0.2) is 52.7 Å². The van der Waals surface area contributed by atoms with E-state index in [0.717, 1.165) is 31.7 Å². The van der Waals surface area contributed by atoms with Crippen LogP contribution in [-0.2, 0) is 16.8 Å². The van der Waals surface area contributed by atoms with E-state index in [-0.39, 0.29) is 11.3 Å². The molecule has 1 amide bonds. The topological polar surface area (TPSA) is 86.9 Å². The first kappa shape index (κ1) is 23.3. The summed E-state index contributed by atoms with van der Waals surface area (Å²) >= 11 is 0.